The lowest BCUT2D eigenvalue weighted by Gasteiger charge is -2.15. The Balaban J connectivity index is 2.20. The first-order valence-corrected chi connectivity index (χ1v) is 9.64. The van der Waals surface area contributed by atoms with Crippen LogP contribution in [0.4, 0.5) is 0 Å². The van der Waals surface area contributed by atoms with E-state index in [1.165, 1.54) is 25.0 Å². The van der Waals surface area contributed by atoms with Crippen LogP contribution < -0.4 is 15.0 Å². The lowest BCUT2D eigenvalue weighted by Crippen LogP contribution is -2.21. The predicted octanol–water partition coefficient (Wildman–Crippen LogP) is 4.35. The molecule has 0 atom stereocenters. The fourth-order valence-corrected chi connectivity index (χ4v) is 3.20. The number of unbranched alkanes of at least 4 members (excludes halogenated alkanes) is 2. The van der Waals surface area contributed by atoms with Crippen LogP contribution >= 0.6 is 0 Å². The number of benzene rings is 2. The Morgan fingerprint density at radius 1 is 0.966 bits per heavy atom. The van der Waals surface area contributed by atoms with Crippen LogP contribution in [0.5, 0.6) is 11.5 Å². The zero-order chi connectivity index (χ0) is 20.8. The van der Waals surface area contributed by atoms with E-state index in [-0.39, 0.29) is 5.56 Å². The molecule has 1 aromatic heterocycles. The molecule has 0 spiro atoms. The number of aromatic nitrogens is 1. The summed E-state index contributed by atoms with van der Waals surface area (Å²) in [6.45, 7) is 2.43. The molecule has 0 N–H and O–H groups in total. The van der Waals surface area contributed by atoms with E-state index < -0.39 is 5.97 Å². The summed E-state index contributed by atoms with van der Waals surface area (Å²) in [6, 6.07) is 12.4. The molecule has 29 heavy (non-hydrogen) atoms. The normalized spacial score (nSPS) is 10.7. The average molecular weight is 395 g/mol. The topological polar surface area (TPSA) is 66.8 Å². The maximum atomic E-state index is 13.2. The molecule has 6 nitrogen and oxygen atoms in total. The standard InChI is InChI=1S/C23H25NO5/c1-4-5-9-12-29-23(26)19-15-24(16-10-7-6-8-11-16)22(25)18-14-21(28-3)20(27-2)13-17(18)19/h6-8,10-11,13-15H,4-5,9,12H2,1-3H3. The quantitative estimate of drug-likeness (QED) is 0.419. The smallest absolute Gasteiger partial charge is 0.340 e. The summed E-state index contributed by atoms with van der Waals surface area (Å²) in [5.41, 5.74) is 0.713. The van der Waals surface area contributed by atoms with E-state index in [1.54, 1.807) is 12.1 Å². The van der Waals surface area contributed by atoms with Crippen LogP contribution in [0.2, 0.25) is 0 Å². The van der Waals surface area contributed by atoms with Gasteiger partial charge < -0.3 is 14.2 Å². The van der Waals surface area contributed by atoms with Crippen molar-refractivity contribution in [2.45, 2.75) is 26.2 Å². The molecule has 3 rings (SSSR count). The van der Waals surface area contributed by atoms with Crippen molar-refractivity contribution in [1.82, 2.24) is 4.57 Å². The van der Waals surface area contributed by atoms with E-state index in [0.29, 0.717) is 40.1 Å². The van der Waals surface area contributed by atoms with Crippen LogP contribution in [-0.4, -0.2) is 31.4 Å². The SMILES string of the molecule is CCCCCOC(=O)c1cn(-c2ccccc2)c(=O)c2cc(OC)c(OC)cc12. The van der Waals surface area contributed by atoms with Crippen LogP contribution in [0.15, 0.2) is 53.5 Å². The first-order chi connectivity index (χ1) is 14.1. The molecular formula is C23H25NO5. The molecule has 152 valence electrons. The van der Waals surface area contributed by atoms with Crippen molar-refractivity contribution in [2.75, 3.05) is 20.8 Å². The van der Waals surface area contributed by atoms with Gasteiger partial charge in [-0.15, -0.1) is 0 Å². The second-order valence-electron chi connectivity index (χ2n) is 6.65. The van der Waals surface area contributed by atoms with Gasteiger partial charge in [0, 0.05) is 17.3 Å². The molecule has 0 fully saturated rings. The van der Waals surface area contributed by atoms with Gasteiger partial charge in [0.15, 0.2) is 11.5 Å². The molecule has 0 aliphatic heterocycles. The molecule has 0 saturated carbocycles. The predicted molar refractivity (Wildman–Crippen MR) is 112 cm³/mol. The van der Waals surface area contributed by atoms with Crippen molar-refractivity contribution in [1.29, 1.82) is 0 Å². The molecule has 6 heteroatoms. The van der Waals surface area contributed by atoms with Crippen molar-refractivity contribution in [3.63, 3.8) is 0 Å². The Bertz CT molecular complexity index is 1060. The molecule has 0 saturated heterocycles. The van der Waals surface area contributed by atoms with Gasteiger partial charge >= 0.3 is 5.97 Å². The molecule has 0 bridgehead atoms. The van der Waals surface area contributed by atoms with E-state index in [0.717, 1.165) is 19.3 Å². The maximum absolute atomic E-state index is 13.2. The minimum atomic E-state index is -0.469. The molecular weight excluding hydrogens is 370 g/mol. The molecule has 2 aromatic carbocycles. The highest BCUT2D eigenvalue weighted by atomic mass is 16.5. The van der Waals surface area contributed by atoms with Gasteiger partial charge in [-0.2, -0.15) is 0 Å². The first-order valence-electron chi connectivity index (χ1n) is 9.64. The number of ether oxygens (including phenoxy) is 3. The van der Waals surface area contributed by atoms with Crippen molar-refractivity contribution >= 4 is 16.7 Å². The van der Waals surface area contributed by atoms with Gasteiger partial charge in [0.1, 0.15) is 0 Å². The number of carbonyl (C=O) groups is 1. The fourth-order valence-electron chi connectivity index (χ4n) is 3.20. The highest BCUT2D eigenvalue weighted by Gasteiger charge is 2.19. The average Bonchev–Trinajstić information content (AvgIpc) is 2.76. The van der Waals surface area contributed by atoms with Crippen molar-refractivity contribution in [3.8, 4) is 17.2 Å². The highest BCUT2D eigenvalue weighted by molar-refractivity contribution is 6.05. The van der Waals surface area contributed by atoms with Crippen LogP contribution in [0.25, 0.3) is 16.5 Å². The minimum absolute atomic E-state index is 0.255. The van der Waals surface area contributed by atoms with Gasteiger partial charge in [-0.25, -0.2) is 4.79 Å². The van der Waals surface area contributed by atoms with Gasteiger partial charge in [-0.1, -0.05) is 38.0 Å². The Kier molecular flexibility index (Phi) is 6.54. The number of pyridine rings is 1. The number of carbonyl (C=O) groups excluding carboxylic acids is 1. The summed E-state index contributed by atoms with van der Waals surface area (Å²) in [4.78, 5) is 26.0. The van der Waals surface area contributed by atoms with Gasteiger partial charge in [0.25, 0.3) is 5.56 Å². The molecule has 3 aromatic rings. The van der Waals surface area contributed by atoms with Crippen LogP contribution in [-0.2, 0) is 4.74 Å². The third kappa shape index (κ3) is 4.26. The molecule has 0 aliphatic rings. The number of hydrogen-bond acceptors (Lipinski definition) is 5. The maximum Gasteiger partial charge on any atom is 0.340 e. The third-order valence-electron chi connectivity index (χ3n) is 4.76. The highest BCUT2D eigenvalue weighted by Crippen LogP contribution is 2.32. The number of rotatable bonds is 8. The molecule has 0 amide bonds. The third-order valence-corrected chi connectivity index (χ3v) is 4.76. The molecule has 0 radical (unpaired) electrons. The Labute approximate surface area is 169 Å². The Hall–Kier alpha value is -3.28. The van der Waals surface area contributed by atoms with Crippen LogP contribution in [0, 0.1) is 0 Å². The first kappa shape index (κ1) is 20.5. The number of para-hydroxylation sites is 1. The van der Waals surface area contributed by atoms with E-state index in [9.17, 15) is 9.59 Å². The summed E-state index contributed by atoms with van der Waals surface area (Å²) in [7, 11) is 3.02. The largest absolute Gasteiger partial charge is 0.493 e. The Morgan fingerprint density at radius 3 is 2.24 bits per heavy atom. The van der Waals surface area contributed by atoms with Gasteiger partial charge in [0.05, 0.1) is 31.8 Å². The minimum Gasteiger partial charge on any atom is -0.493 e. The van der Waals surface area contributed by atoms with Gasteiger partial charge in [-0.3, -0.25) is 9.36 Å². The molecule has 0 aliphatic carbocycles. The summed E-state index contributed by atoms with van der Waals surface area (Å²) in [5.74, 6) is 0.394. The lowest BCUT2D eigenvalue weighted by molar-refractivity contribution is 0.0499. The second-order valence-corrected chi connectivity index (χ2v) is 6.65. The van der Waals surface area contributed by atoms with E-state index in [4.69, 9.17) is 14.2 Å². The van der Waals surface area contributed by atoms with Gasteiger partial charge in [-0.05, 0) is 30.7 Å². The zero-order valence-electron chi connectivity index (χ0n) is 16.9. The summed E-state index contributed by atoms with van der Waals surface area (Å²) >= 11 is 0. The summed E-state index contributed by atoms with van der Waals surface area (Å²) in [5, 5.41) is 0.829. The number of nitrogens with zero attached hydrogens (tertiary/aromatic N) is 1. The summed E-state index contributed by atoms with van der Waals surface area (Å²) < 4.78 is 17.6. The lowest BCUT2D eigenvalue weighted by atomic mass is 10.1. The number of fused-ring (bicyclic) bond motifs is 1. The fraction of sp³-hybridized carbons (Fsp3) is 0.304. The van der Waals surface area contributed by atoms with Crippen molar-refractivity contribution in [3.05, 3.63) is 64.6 Å². The number of hydrogen-bond donors (Lipinski definition) is 0. The van der Waals surface area contributed by atoms with Crippen molar-refractivity contribution in [2.24, 2.45) is 0 Å². The van der Waals surface area contributed by atoms with E-state index >= 15 is 0 Å². The number of esters is 1. The van der Waals surface area contributed by atoms with E-state index in [1.807, 2.05) is 30.3 Å². The van der Waals surface area contributed by atoms with Crippen LogP contribution in [0.1, 0.15) is 36.5 Å². The second kappa shape index (κ2) is 9.28. The monoisotopic (exact) mass is 395 g/mol. The zero-order valence-corrected chi connectivity index (χ0v) is 16.9. The van der Waals surface area contributed by atoms with Crippen LogP contribution in [0.3, 0.4) is 0 Å². The van der Waals surface area contributed by atoms with Gasteiger partial charge in [0.2, 0.25) is 0 Å². The number of methoxy groups -OCH3 is 2. The summed E-state index contributed by atoms with van der Waals surface area (Å²) in [6.07, 6.45) is 4.36. The molecule has 0 unspecified atom stereocenters. The Morgan fingerprint density at radius 2 is 1.62 bits per heavy atom. The molecule has 1 heterocycles. The van der Waals surface area contributed by atoms with E-state index in [2.05, 4.69) is 6.92 Å². The van der Waals surface area contributed by atoms with Crippen molar-refractivity contribution < 1.29 is 19.0 Å².